The number of aryl methyl sites for hydroxylation is 2. The zero-order valence-electron chi connectivity index (χ0n) is 13.7. The van der Waals surface area contributed by atoms with Crippen LogP contribution in [0.15, 0.2) is 33.4 Å². The van der Waals surface area contributed by atoms with Crippen molar-refractivity contribution >= 4 is 39.3 Å². The van der Waals surface area contributed by atoms with Crippen LogP contribution in [0, 0.1) is 25.2 Å². The van der Waals surface area contributed by atoms with Crippen LogP contribution >= 0.6 is 15.9 Å². The normalized spacial score (nSPS) is 19.1. The first-order valence-electron chi connectivity index (χ1n) is 7.90. The number of carbonyl (C=O) groups excluding carboxylic acids is 1. The molecule has 7 heteroatoms. The van der Waals surface area contributed by atoms with Gasteiger partial charge >= 0.3 is 0 Å². The van der Waals surface area contributed by atoms with Crippen LogP contribution in [-0.4, -0.2) is 24.2 Å². The van der Waals surface area contributed by atoms with Gasteiger partial charge in [0.25, 0.3) is 5.91 Å². The number of aliphatic imine (C=N–C) groups is 1. The van der Waals surface area contributed by atoms with Crippen LogP contribution in [0.2, 0.25) is 0 Å². The summed E-state index contributed by atoms with van der Waals surface area (Å²) in [7, 11) is 0. The van der Waals surface area contributed by atoms with Gasteiger partial charge in [0, 0.05) is 22.9 Å². The zero-order chi connectivity index (χ0) is 17.3. The minimum absolute atomic E-state index is 0.0445. The third kappa shape index (κ3) is 3.84. The lowest BCUT2D eigenvalue weighted by Crippen LogP contribution is -2.47. The summed E-state index contributed by atoms with van der Waals surface area (Å²) in [6.07, 6.45) is 3.97. The Morgan fingerprint density at radius 3 is 2.62 bits per heavy atom. The van der Waals surface area contributed by atoms with Crippen molar-refractivity contribution in [1.82, 2.24) is 10.6 Å². The maximum Gasteiger partial charge on any atom is 0.263 e. The largest absolute Gasteiger partial charge is 0.360 e. The van der Waals surface area contributed by atoms with Crippen molar-refractivity contribution in [3.8, 4) is 0 Å². The van der Waals surface area contributed by atoms with Crippen molar-refractivity contribution in [2.75, 3.05) is 11.9 Å². The number of anilines is 1. The Bertz CT molecular complexity index is 741. The number of benzene rings is 1. The molecule has 1 aliphatic carbocycles. The summed E-state index contributed by atoms with van der Waals surface area (Å²) >= 11 is 3.46. The Morgan fingerprint density at radius 2 is 2.04 bits per heavy atom. The van der Waals surface area contributed by atoms with E-state index in [1.54, 1.807) is 6.20 Å². The zero-order valence-corrected chi connectivity index (χ0v) is 15.3. The molecule has 0 radical (unpaired) electrons. The van der Waals surface area contributed by atoms with E-state index < -0.39 is 0 Å². The average molecular weight is 390 g/mol. The van der Waals surface area contributed by atoms with Gasteiger partial charge in [-0.1, -0.05) is 15.9 Å². The second kappa shape index (κ2) is 6.76. The van der Waals surface area contributed by atoms with Crippen LogP contribution in [0.3, 0.4) is 0 Å². The summed E-state index contributed by atoms with van der Waals surface area (Å²) in [6.45, 7) is 4.77. The van der Waals surface area contributed by atoms with Gasteiger partial charge in [0.05, 0.1) is 5.57 Å². The highest BCUT2D eigenvalue weighted by molar-refractivity contribution is 9.10. The topological polar surface area (TPSA) is 89.4 Å². The van der Waals surface area contributed by atoms with Crippen LogP contribution in [0.1, 0.15) is 24.0 Å². The highest BCUT2D eigenvalue weighted by Crippen LogP contribution is 2.27. The third-order valence-corrected chi connectivity index (χ3v) is 4.53. The monoisotopic (exact) mass is 389 g/mol. The van der Waals surface area contributed by atoms with Crippen molar-refractivity contribution < 1.29 is 4.79 Å². The fourth-order valence-electron chi connectivity index (χ4n) is 2.55. The molecule has 2 aliphatic rings. The van der Waals surface area contributed by atoms with Gasteiger partial charge in [-0.3, -0.25) is 15.5 Å². The van der Waals surface area contributed by atoms with E-state index in [2.05, 4.69) is 36.9 Å². The fourth-order valence-corrected chi connectivity index (χ4v) is 3.23. The molecule has 0 unspecified atom stereocenters. The Hall–Kier alpha value is -2.15. The predicted octanol–water partition coefficient (Wildman–Crippen LogP) is 2.82. The Morgan fingerprint density at radius 1 is 1.38 bits per heavy atom. The van der Waals surface area contributed by atoms with E-state index in [0.717, 1.165) is 27.8 Å². The van der Waals surface area contributed by atoms with Crippen LogP contribution in [0.5, 0.6) is 0 Å². The van der Waals surface area contributed by atoms with E-state index >= 15 is 0 Å². The minimum Gasteiger partial charge on any atom is -0.360 e. The molecule has 3 rings (SSSR count). The lowest BCUT2D eigenvalue weighted by molar-refractivity contribution is -0.115. The van der Waals surface area contributed by atoms with Crippen LogP contribution < -0.4 is 16.0 Å². The molecule has 1 amide bonds. The number of hydrogen-bond donors (Lipinski definition) is 4. The molecule has 0 spiro atoms. The molecule has 0 aromatic heterocycles. The van der Waals surface area contributed by atoms with Crippen molar-refractivity contribution in [3.05, 3.63) is 39.5 Å². The second-order valence-corrected chi connectivity index (χ2v) is 7.12. The maximum atomic E-state index is 12.2. The molecule has 126 valence electrons. The molecule has 1 saturated carbocycles. The minimum atomic E-state index is -0.326. The molecule has 6 nitrogen and oxygen atoms in total. The number of carbonyl (C=O) groups is 1. The molecule has 0 atom stereocenters. The smallest absolute Gasteiger partial charge is 0.263 e. The van der Waals surface area contributed by atoms with Gasteiger partial charge in [-0.2, -0.15) is 4.99 Å². The molecule has 1 aliphatic heterocycles. The molecule has 1 fully saturated rings. The van der Waals surface area contributed by atoms with E-state index in [-0.39, 0.29) is 17.3 Å². The summed E-state index contributed by atoms with van der Waals surface area (Å²) in [6, 6.07) is 4.00. The number of nitrogens with one attached hydrogen (secondary N) is 4. The summed E-state index contributed by atoms with van der Waals surface area (Å²) in [4.78, 5) is 16.4. The van der Waals surface area contributed by atoms with Crippen molar-refractivity contribution in [2.45, 2.75) is 26.7 Å². The molecule has 4 N–H and O–H groups in total. The highest BCUT2D eigenvalue weighted by atomic mass is 79.9. The predicted molar refractivity (Wildman–Crippen MR) is 99.4 cm³/mol. The SMILES string of the molecule is Cc1cc(Br)cc(C)c1N/C=C1\C(=N)N=C(NCC2CC2)NC1=O. The Labute approximate surface area is 149 Å². The average Bonchev–Trinajstić information content (AvgIpc) is 3.30. The first-order chi connectivity index (χ1) is 11.4. The molecule has 24 heavy (non-hydrogen) atoms. The molecule has 0 bridgehead atoms. The molecule has 1 heterocycles. The molecule has 1 aromatic rings. The summed E-state index contributed by atoms with van der Waals surface area (Å²) < 4.78 is 1.01. The number of halogens is 1. The van der Waals surface area contributed by atoms with Gasteiger partial charge < -0.3 is 10.6 Å². The first-order valence-corrected chi connectivity index (χ1v) is 8.69. The van der Waals surface area contributed by atoms with E-state index in [1.807, 2.05) is 26.0 Å². The molecule has 1 aromatic carbocycles. The van der Waals surface area contributed by atoms with E-state index in [4.69, 9.17) is 5.41 Å². The van der Waals surface area contributed by atoms with Gasteiger partial charge in [-0.05, 0) is 55.9 Å². The van der Waals surface area contributed by atoms with Crippen LogP contribution in [0.25, 0.3) is 0 Å². The maximum absolute atomic E-state index is 12.2. The third-order valence-electron chi connectivity index (χ3n) is 4.07. The fraction of sp³-hybridized carbons (Fsp3) is 0.353. The van der Waals surface area contributed by atoms with Crippen molar-refractivity contribution in [3.63, 3.8) is 0 Å². The molecule has 0 saturated heterocycles. The summed E-state index contributed by atoms with van der Waals surface area (Å²) in [5.41, 5.74) is 3.25. The van der Waals surface area contributed by atoms with Gasteiger partial charge in [0.15, 0.2) is 5.84 Å². The van der Waals surface area contributed by atoms with Crippen molar-refractivity contribution in [1.29, 1.82) is 5.41 Å². The first kappa shape index (κ1) is 16.7. The summed E-state index contributed by atoms with van der Waals surface area (Å²) in [5.74, 6) is 0.663. The number of amidine groups is 1. The number of rotatable bonds is 4. The second-order valence-electron chi connectivity index (χ2n) is 6.20. The standard InChI is InChI=1S/C17H20BrN5O/c1-9-5-12(18)6-10(2)14(9)20-8-13-15(19)22-17(23-16(13)24)21-7-11-3-4-11/h5-6,8,11,20H,3-4,7H2,1-2H3,(H3,19,21,22,23,24)/b13-8+. The quantitative estimate of drug-likeness (QED) is 0.596. The number of hydrogen-bond acceptors (Lipinski definition) is 4. The van der Waals surface area contributed by atoms with Crippen LogP contribution in [0.4, 0.5) is 5.69 Å². The Balaban J connectivity index is 1.73. The van der Waals surface area contributed by atoms with Crippen molar-refractivity contribution in [2.24, 2.45) is 10.9 Å². The number of nitrogens with zero attached hydrogens (tertiary/aromatic N) is 1. The number of guanidine groups is 1. The van der Waals surface area contributed by atoms with E-state index in [1.165, 1.54) is 12.8 Å². The van der Waals surface area contributed by atoms with Gasteiger partial charge in [-0.15, -0.1) is 0 Å². The molecular weight excluding hydrogens is 370 g/mol. The van der Waals surface area contributed by atoms with Crippen LogP contribution in [-0.2, 0) is 4.79 Å². The molecular formula is C17H20BrN5O. The van der Waals surface area contributed by atoms with E-state index in [9.17, 15) is 4.79 Å². The Kier molecular flexibility index (Phi) is 4.71. The number of amides is 1. The lowest BCUT2D eigenvalue weighted by Gasteiger charge is -2.18. The van der Waals surface area contributed by atoms with Gasteiger partial charge in [-0.25, -0.2) is 0 Å². The lowest BCUT2D eigenvalue weighted by atomic mass is 10.1. The summed E-state index contributed by atoms with van der Waals surface area (Å²) in [5, 5.41) is 16.9. The van der Waals surface area contributed by atoms with Gasteiger partial charge in [0.1, 0.15) is 0 Å². The highest BCUT2D eigenvalue weighted by Gasteiger charge is 2.25. The van der Waals surface area contributed by atoms with E-state index in [0.29, 0.717) is 11.9 Å². The van der Waals surface area contributed by atoms with Gasteiger partial charge in [0.2, 0.25) is 5.96 Å².